The van der Waals surface area contributed by atoms with Gasteiger partial charge in [-0.1, -0.05) is 13.8 Å². The first kappa shape index (κ1) is 13.2. The Balaban J connectivity index is 1.61. The molecule has 2 saturated heterocycles. The first-order valence-corrected chi connectivity index (χ1v) is 7.35. The van der Waals surface area contributed by atoms with Gasteiger partial charge in [-0.15, -0.1) is 0 Å². The van der Waals surface area contributed by atoms with Crippen LogP contribution in [0.5, 0.6) is 0 Å². The minimum absolute atomic E-state index is 0.0486. The zero-order valence-electron chi connectivity index (χ0n) is 11.9. The molecule has 3 aliphatic rings. The van der Waals surface area contributed by atoms with Crippen LogP contribution in [0.1, 0.15) is 26.7 Å². The standard InChI is InChI=1S/C14H24N2O3/c1-14(2)11(10-4-3-7-19-12(10)14)15-13(17)16-5-8-18-9-6-16/h10-12H,3-9H2,1-2H3,(H,15,17)/t10-,11+,12+/m0/s1. The van der Waals surface area contributed by atoms with Crippen LogP contribution in [-0.4, -0.2) is 56.0 Å². The number of urea groups is 1. The van der Waals surface area contributed by atoms with Gasteiger partial charge in [-0.3, -0.25) is 0 Å². The normalized spacial score (nSPS) is 37.2. The molecule has 0 aromatic rings. The van der Waals surface area contributed by atoms with E-state index in [4.69, 9.17) is 9.47 Å². The molecule has 5 heteroatoms. The van der Waals surface area contributed by atoms with Crippen molar-refractivity contribution in [3.8, 4) is 0 Å². The van der Waals surface area contributed by atoms with Crippen LogP contribution in [0.2, 0.25) is 0 Å². The van der Waals surface area contributed by atoms with E-state index < -0.39 is 0 Å². The summed E-state index contributed by atoms with van der Waals surface area (Å²) >= 11 is 0. The molecular weight excluding hydrogens is 244 g/mol. The molecule has 1 aliphatic carbocycles. The smallest absolute Gasteiger partial charge is 0.317 e. The molecule has 0 unspecified atom stereocenters. The molecule has 108 valence electrons. The van der Waals surface area contributed by atoms with Gasteiger partial charge in [0.05, 0.1) is 19.3 Å². The Bertz CT molecular complexity index is 353. The van der Waals surface area contributed by atoms with Crippen molar-refractivity contribution in [1.29, 1.82) is 0 Å². The Kier molecular flexibility index (Phi) is 3.43. The van der Waals surface area contributed by atoms with Crippen LogP contribution in [0.25, 0.3) is 0 Å². The summed E-state index contributed by atoms with van der Waals surface area (Å²) in [4.78, 5) is 14.1. The maximum absolute atomic E-state index is 12.3. The minimum Gasteiger partial charge on any atom is -0.378 e. The van der Waals surface area contributed by atoms with Gasteiger partial charge in [-0.25, -0.2) is 4.79 Å². The topological polar surface area (TPSA) is 50.8 Å². The van der Waals surface area contributed by atoms with Crippen LogP contribution in [-0.2, 0) is 9.47 Å². The quantitative estimate of drug-likeness (QED) is 0.778. The highest BCUT2D eigenvalue weighted by molar-refractivity contribution is 5.75. The average molecular weight is 268 g/mol. The van der Waals surface area contributed by atoms with E-state index in [9.17, 15) is 4.79 Å². The van der Waals surface area contributed by atoms with Crippen LogP contribution < -0.4 is 5.32 Å². The van der Waals surface area contributed by atoms with E-state index in [0.717, 1.165) is 13.0 Å². The van der Waals surface area contributed by atoms with Gasteiger partial charge in [0.2, 0.25) is 0 Å². The zero-order valence-corrected chi connectivity index (χ0v) is 11.9. The molecule has 1 saturated carbocycles. The molecule has 2 aliphatic heterocycles. The van der Waals surface area contributed by atoms with Crippen molar-refractivity contribution in [3.63, 3.8) is 0 Å². The van der Waals surface area contributed by atoms with Crippen molar-refractivity contribution < 1.29 is 14.3 Å². The van der Waals surface area contributed by atoms with E-state index in [1.165, 1.54) is 6.42 Å². The van der Waals surface area contributed by atoms with Gasteiger partial charge in [-0.2, -0.15) is 0 Å². The summed E-state index contributed by atoms with van der Waals surface area (Å²) in [6.45, 7) is 7.96. The Labute approximate surface area is 114 Å². The highest BCUT2D eigenvalue weighted by atomic mass is 16.5. The lowest BCUT2D eigenvalue weighted by atomic mass is 9.55. The number of hydrogen-bond donors (Lipinski definition) is 1. The molecule has 19 heavy (non-hydrogen) atoms. The Morgan fingerprint density at radius 2 is 2.00 bits per heavy atom. The van der Waals surface area contributed by atoms with Crippen molar-refractivity contribution in [2.45, 2.75) is 38.8 Å². The van der Waals surface area contributed by atoms with Gasteiger partial charge in [0, 0.05) is 37.1 Å². The highest BCUT2D eigenvalue weighted by Gasteiger charge is 2.58. The fourth-order valence-corrected chi connectivity index (χ4v) is 3.81. The summed E-state index contributed by atoms with van der Waals surface area (Å²) in [6, 6.07) is 0.304. The van der Waals surface area contributed by atoms with E-state index in [1.54, 1.807) is 0 Å². The van der Waals surface area contributed by atoms with Gasteiger partial charge in [0.15, 0.2) is 0 Å². The molecule has 3 atom stereocenters. The molecule has 2 amide bonds. The van der Waals surface area contributed by atoms with Crippen LogP contribution in [0.3, 0.4) is 0 Å². The number of fused-ring (bicyclic) bond motifs is 1. The molecule has 5 nitrogen and oxygen atoms in total. The van der Waals surface area contributed by atoms with Crippen molar-refractivity contribution in [2.24, 2.45) is 11.3 Å². The van der Waals surface area contributed by atoms with Crippen molar-refractivity contribution in [2.75, 3.05) is 32.9 Å². The molecule has 3 fully saturated rings. The minimum atomic E-state index is 0.0486. The molecule has 0 aromatic carbocycles. The third kappa shape index (κ3) is 2.23. The van der Waals surface area contributed by atoms with E-state index in [0.29, 0.717) is 38.3 Å². The third-order valence-corrected chi connectivity index (χ3v) is 4.91. The molecule has 0 aromatic heterocycles. The summed E-state index contributed by atoms with van der Waals surface area (Å²) in [6.07, 6.45) is 2.60. The highest BCUT2D eigenvalue weighted by Crippen LogP contribution is 2.51. The number of carbonyl (C=O) groups excluding carboxylic acids is 1. The van der Waals surface area contributed by atoms with Gasteiger partial charge in [0.1, 0.15) is 0 Å². The van der Waals surface area contributed by atoms with Gasteiger partial charge >= 0.3 is 6.03 Å². The van der Waals surface area contributed by atoms with Gasteiger partial charge < -0.3 is 19.7 Å². The van der Waals surface area contributed by atoms with Crippen molar-refractivity contribution >= 4 is 6.03 Å². The number of rotatable bonds is 1. The van der Waals surface area contributed by atoms with E-state index in [2.05, 4.69) is 19.2 Å². The number of hydrogen-bond acceptors (Lipinski definition) is 3. The molecule has 0 spiro atoms. The lowest BCUT2D eigenvalue weighted by Crippen LogP contribution is -2.71. The maximum Gasteiger partial charge on any atom is 0.317 e. The lowest BCUT2D eigenvalue weighted by Gasteiger charge is -2.60. The number of amides is 2. The lowest BCUT2D eigenvalue weighted by molar-refractivity contribution is -0.189. The Hall–Kier alpha value is -0.810. The number of ether oxygens (including phenoxy) is 2. The predicted molar refractivity (Wildman–Crippen MR) is 71.0 cm³/mol. The van der Waals surface area contributed by atoms with Crippen LogP contribution in [0.4, 0.5) is 4.79 Å². The van der Waals surface area contributed by atoms with E-state index in [1.807, 2.05) is 4.90 Å². The SMILES string of the molecule is CC1(C)[C@H](NC(=O)N2CCOCC2)[C@@H]2CCCO[C@H]21. The second-order valence-electron chi connectivity index (χ2n) is 6.45. The van der Waals surface area contributed by atoms with Crippen LogP contribution in [0.15, 0.2) is 0 Å². The summed E-state index contributed by atoms with van der Waals surface area (Å²) < 4.78 is 11.1. The van der Waals surface area contributed by atoms with E-state index >= 15 is 0 Å². The fraction of sp³-hybridized carbons (Fsp3) is 0.929. The van der Waals surface area contributed by atoms with E-state index in [-0.39, 0.29) is 17.5 Å². The molecule has 0 bridgehead atoms. The number of morpholine rings is 1. The predicted octanol–water partition coefficient (Wildman–Crippen LogP) is 1.23. The Morgan fingerprint density at radius 1 is 1.26 bits per heavy atom. The third-order valence-electron chi connectivity index (χ3n) is 4.91. The first-order valence-electron chi connectivity index (χ1n) is 7.35. The number of carbonyl (C=O) groups is 1. The molecular formula is C14H24N2O3. The van der Waals surface area contributed by atoms with Crippen LogP contribution in [0, 0.1) is 11.3 Å². The Morgan fingerprint density at radius 3 is 2.74 bits per heavy atom. The summed E-state index contributed by atoms with van der Waals surface area (Å²) in [7, 11) is 0. The average Bonchev–Trinajstić information content (AvgIpc) is 2.45. The largest absolute Gasteiger partial charge is 0.378 e. The number of nitrogens with one attached hydrogen (secondary N) is 1. The second-order valence-corrected chi connectivity index (χ2v) is 6.45. The number of nitrogens with zero attached hydrogens (tertiary/aromatic N) is 1. The monoisotopic (exact) mass is 268 g/mol. The van der Waals surface area contributed by atoms with Crippen molar-refractivity contribution in [3.05, 3.63) is 0 Å². The molecule has 2 heterocycles. The molecule has 1 N–H and O–H groups in total. The van der Waals surface area contributed by atoms with Gasteiger partial charge in [0.25, 0.3) is 0 Å². The van der Waals surface area contributed by atoms with Crippen molar-refractivity contribution in [1.82, 2.24) is 10.2 Å². The maximum atomic E-state index is 12.3. The summed E-state index contributed by atoms with van der Waals surface area (Å²) in [5.41, 5.74) is 0.0486. The summed E-state index contributed by atoms with van der Waals surface area (Å²) in [5.74, 6) is 0.494. The zero-order chi connectivity index (χ0) is 13.5. The van der Waals surface area contributed by atoms with Gasteiger partial charge in [-0.05, 0) is 12.8 Å². The second kappa shape index (κ2) is 4.94. The fourth-order valence-electron chi connectivity index (χ4n) is 3.81. The summed E-state index contributed by atoms with van der Waals surface area (Å²) in [5, 5.41) is 3.23. The molecule has 0 radical (unpaired) electrons. The first-order chi connectivity index (χ1) is 9.10. The van der Waals surface area contributed by atoms with Crippen LogP contribution >= 0.6 is 0 Å². The molecule has 3 rings (SSSR count).